The minimum Gasteiger partial charge on any atom is -0.507 e. The summed E-state index contributed by atoms with van der Waals surface area (Å²) in [6, 6.07) is 23.4. The third-order valence-corrected chi connectivity index (χ3v) is 7.32. The highest BCUT2D eigenvalue weighted by atomic mass is 16.5. The summed E-state index contributed by atoms with van der Waals surface area (Å²) in [5.41, 5.74) is 3.75. The molecular weight excluding hydrogens is 518 g/mol. The molecule has 210 valence electrons. The predicted molar refractivity (Wildman–Crippen MR) is 156 cm³/mol. The van der Waals surface area contributed by atoms with Crippen LogP contribution in [-0.2, 0) is 22.7 Å². The largest absolute Gasteiger partial charge is 0.507 e. The predicted octanol–water partition coefficient (Wildman–Crippen LogP) is 6.92. The van der Waals surface area contributed by atoms with Crippen LogP contribution in [0.3, 0.4) is 0 Å². The summed E-state index contributed by atoms with van der Waals surface area (Å²) in [5, 5.41) is 11.7. The fourth-order valence-electron chi connectivity index (χ4n) is 5.20. The molecule has 0 radical (unpaired) electrons. The lowest BCUT2D eigenvalue weighted by atomic mass is 9.91. The number of Topliss-reactive ketones (excluding diaryl/α,β-unsaturated/α-hetero) is 1. The minimum absolute atomic E-state index is 0.0183. The zero-order chi connectivity index (χ0) is 29.1. The Bertz CT molecular complexity index is 1590. The number of rotatable bonds is 9. The van der Waals surface area contributed by atoms with Crippen molar-refractivity contribution in [3.8, 4) is 11.5 Å². The van der Waals surface area contributed by atoms with Gasteiger partial charge in [-0.05, 0) is 71.5 Å². The van der Waals surface area contributed by atoms with Crippen LogP contribution < -0.4 is 9.47 Å². The number of benzene rings is 3. The summed E-state index contributed by atoms with van der Waals surface area (Å²) in [5.74, 6) is 0.219. The van der Waals surface area contributed by atoms with E-state index < -0.39 is 17.7 Å². The maximum atomic E-state index is 13.6. The second-order valence-electron chi connectivity index (χ2n) is 10.4. The Hall–Kier alpha value is -4.78. The van der Waals surface area contributed by atoms with Gasteiger partial charge in [-0.2, -0.15) is 0 Å². The van der Waals surface area contributed by atoms with Crippen molar-refractivity contribution < 1.29 is 28.6 Å². The van der Waals surface area contributed by atoms with Gasteiger partial charge in [-0.3, -0.25) is 9.59 Å². The average molecular weight is 552 g/mol. The van der Waals surface area contributed by atoms with Crippen molar-refractivity contribution in [2.24, 2.45) is 0 Å². The molecule has 2 heterocycles. The molecule has 0 spiro atoms. The van der Waals surface area contributed by atoms with E-state index >= 15 is 0 Å². The van der Waals surface area contributed by atoms with E-state index in [0.29, 0.717) is 35.0 Å². The van der Waals surface area contributed by atoms with Crippen LogP contribution in [0.1, 0.15) is 59.4 Å². The van der Waals surface area contributed by atoms with Gasteiger partial charge in [-0.1, -0.05) is 56.3 Å². The third-order valence-electron chi connectivity index (χ3n) is 7.32. The zero-order valence-corrected chi connectivity index (χ0v) is 23.6. The molecule has 0 aliphatic carbocycles. The molecule has 1 unspecified atom stereocenters. The first-order chi connectivity index (χ1) is 19.8. The van der Waals surface area contributed by atoms with Crippen molar-refractivity contribution in [2.45, 2.75) is 45.9 Å². The fourth-order valence-corrected chi connectivity index (χ4v) is 5.20. The van der Waals surface area contributed by atoms with Crippen LogP contribution in [0.25, 0.3) is 5.76 Å². The highest BCUT2D eigenvalue weighted by molar-refractivity contribution is 6.46. The Morgan fingerprint density at radius 1 is 1.00 bits per heavy atom. The number of aliphatic hydroxyl groups is 1. The van der Waals surface area contributed by atoms with Gasteiger partial charge in [0.05, 0.1) is 31.5 Å². The molecule has 1 N–H and O–H groups in total. The quantitative estimate of drug-likeness (QED) is 0.138. The van der Waals surface area contributed by atoms with Crippen molar-refractivity contribution >= 4 is 17.4 Å². The van der Waals surface area contributed by atoms with E-state index in [9.17, 15) is 14.7 Å². The molecule has 1 aromatic heterocycles. The number of ether oxygens (including phenoxy) is 2. The Morgan fingerprint density at radius 2 is 1.78 bits per heavy atom. The average Bonchev–Trinajstić information content (AvgIpc) is 3.58. The van der Waals surface area contributed by atoms with Crippen LogP contribution in [-0.4, -0.2) is 28.8 Å². The first-order valence-corrected chi connectivity index (χ1v) is 13.5. The second-order valence-corrected chi connectivity index (χ2v) is 10.4. The molecule has 1 fully saturated rings. The van der Waals surface area contributed by atoms with Gasteiger partial charge in [0.2, 0.25) is 0 Å². The van der Waals surface area contributed by atoms with Crippen LogP contribution in [0.15, 0.2) is 95.1 Å². The number of carbonyl (C=O) groups excluding carboxylic acids is 2. The smallest absolute Gasteiger partial charge is 0.296 e. The van der Waals surface area contributed by atoms with E-state index in [4.69, 9.17) is 13.9 Å². The van der Waals surface area contributed by atoms with Crippen LogP contribution >= 0.6 is 0 Å². The fraction of sp³-hybridized carbons (Fsp3) is 0.235. The van der Waals surface area contributed by atoms with Gasteiger partial charge < -0.3 is 23.9 Å². The highest BCUT2D eigenvalue weighted by Gasteiger charge is 2.46. The summed E-state index contributed by atoms with van der Waals surface area (Å²) in [4.78, 5) is 28.5. The second kappa shape index (κ2) is 11.8. The third kappa shape index (κ3) is 5.61. The van der Waals surface area contributed by atoms with E-state index in [1.54, 1.807) is 19.2 Å². The van der Waals surface area contributed by atoms with E-state index in [1.807, 2.05) is 87.5 Å². The molecule has 1 atom stereocenters. The van der Waals surface area contributed by atoms with E-state index in [0.717, 1.165) is 16.7 Å². The van der Waals surface area contributed by atoms with Crippen LogP contribution in [0.5, 0.6) is 11.5 Å². The Kier molecular flexibility index (Phi) is 7.97. The van der Waals surface area contributed by atoms with Gasteiger partial charge in [0.25, 0.3) is 11.7 Å². The molecular formula is C34H33NO6. The Balaban J connectivity index is 1.61. The summed E-state index contributed by atoms with van der Waals surface area (Å²) in [7, 11) is 1.60. The van der Waals surface area contributed by atoms with Crippen molar-refractivity contribution in [1.29, 1.82) is 0 Å². The van der Waals surface area contributed by atoms with Gasteiger partial charge in [0, 0.05) is 5.56 Å². The summed E-state index contributed by atoms with van der Waals surface area (Å²) >= 11 is 0. The number of hydrogen-bond acceptors (Lipinski definition) is 6. The topological polar surface area (TPSA) is 89.2 Å². The number of amides is 1. The summed E-state index contributed by atoms with van der Waals surface area (Å²) < 4.78 is 17.1. The van der Waals surface area contributed by atoms with Crippen molar-refractivity contribution in [1.82, 2.24) is 4.90 Å². The number of likely N-dealkylation sites (tertiary alicyclic amines) is 1. The normalized spacial score (nSPS) is 16.4. The highest BCUT2D eigenvalue weighted by Crippen LogP contribution is 2.42. The minimum atomic E-state index is -0.857. The molecule has 3 aromatic carbocycles. The lowest BCUT2D eigenvalue weighted by molar-refractivity contribution is -0.140. The lowest BCUT2D eigenvalue weighted by Gasteiger charge is -2.25. The maximum Gasteiger partial charge on any atom is 0.296 e. The number of aryl methyl sites for hydroxylation is 1. The number of hydrogen-bond donors (Lipinski definition) is 1. The number of methoxy groups -OCH3 is 1. The van der Waals surface area contributed by atoms with Crippen molar-refractivity contribution in [3.05, 3.63) is 124 Å². The first-order valence-electron chi connectivity index (χ1n) is 13.5. The molecule has 5 rings (SSSR count). The number of nitrogens with zero attached hydrogens (tertiary/aromatic N) is 1. The van der Waals surface area contributed by atoms with E-state index in [1.165, 1.54) is 11.2 Å². The molecule has 1 saturated heterocycles. The number of aliphatic hydroxyl groups excluding tert-OH is 1. The van der Waals surface area contributed by atoms with Gasteiger partial charge in [0.1, 0.15) is 29.6 Å². The SMILES string of the molecule is COc1cc(C)c(/C(O)=C2\C(=O)C(=O)N(Cc3ccco3)C2c2cccc(OCc3ccccc3)c2)cc1C(C)C. The molecule has 0 bridgehead atoms. The Morgan fingerprint density at radius 3 is 2.46 bits per heavy atom. The van der Waals surface area contributed by atoms with Crippen molar-refractivity contribution in [3.63, 3.8) is 0 Å². The van der Waals surface area contributed by atoms with E-state index in [-0.39, 0.29) is 23.8 Å². The van der Waals surface area contributed by atoms with Crippen LogP contribution in [0, 0.1) is 6.92 Å². The van der Waals surface area contributed by atoms with Crippen LogP contribution in [0.2, 0.25) is 0 Å². The molecule has 1 aliphatic rings. The first kappa shape index (κ1) is 27.8. The molecule has 7 heteroatoms. The van der Waals surface area contributed by atoms with E-state index in [2.05, 4.69) is 0 Å². The van der Waals surface area contributed by atoms with Crippen LogP contribution in [0.4, 0.5) is 0 Å². The van der Waals surface area contributed by atoms with Crippen molar-refractivity contribution in [2.75, 3.05) is 7.11 Å². The summed E-state index contributed by atoms with van der Waals surface area (Å²) in [6.45, 7) is 6.32. The van der Waals surface area contributed by atoms with Gasteiger partial charge in [-0.15, -0.1) is 0 Å². The monoisotopic (exact) mass is 551 g/mol. The Labute approximate surface area is 239 Å². The molecule has 1 aliphatic heterocycles. The van der Waals surface area contributed by atoms with Gasteiger partial charge >= 0.3 is 0 Å². The molecule has 4 aromatic rings. The molecule has 1 amide bonds. The van der Waals surface area contributed by atoms with Gasteiger partial charge in [-0.25, -0.2) is 0 Å². The van der Waals surface area contributed by atoms with Gasteiger partial charge in [0.15, 0.2) is 0 Å². The molecule has 0 saturated carbocycles. The number of ketones is 1. The number of furan rings is 1. The lowest BCUT2D eigenvalue weighted by Crippen LogP contribution is -2.29. The maximum absolute atomic E-state index is 13.6. The standard InChI is InChI=1S/C34H33NO6/c1-21(2)27-18-28(22(3)16-29(27)39-4)32(36)30-31(35(34(38)33(30)37)19-26-14-9-15-40-26)24-12-8-13-25(17-24)41-20-23-10-6-5-7-11-23/h5-18,21,31,36H,19-20H2,1-4H3/b32-30+. The molecule has 7 nitrogen and oxygen atoms in total. The molecule has 41 heavy (non-hydrogen) atoms. The summed E-state index contributed by atoms with van der Waals surface area (Å²) in [6.07, 6.45) is 1.52. The number of carbonyl (C=O) groups is 2. The zero-order valence-electron chi connectivity index (χ0n) is 23.6.